The average Bonchev–Trinajstić information content (AvgIpc) is 3.45. The van der Waals surface area contributed by atoms with Crippen LogP contribution in [0.4, 0.5) is 5.69 Å². The van der Waals surface area contributed by atoms with Crippen LogP contribution in [0.3, 0.4) is 0 Å². The van der Waals surface area contributed by atoms with Crippen LogP contribution >= 0.6 is 0 Å². The smallest absolute Gasteiger partial charge is 0.268 e. The molecule has 0 unspecified atom stereocenters. The van der Waals surface area contributed by atoms with Crippen LogP contribution < -0.4 is 15.6 Å². The number of carbonyl (C=O) groups excluding carboxylic acids is 1. The van der Waals surface area contributed by atoms with Gasteiger partial charge in [-0.25, -0.2) is 4.68 Å². The molecule has 1 N–H and O–H groups in total. The Balaban J connectivity index is 1.69. The van der Waals surface area contributed by atoms with Crippen molar-refractivity contribution in [1.29, 1.82) is 0 Å². The quantitative estimate of drug-likeness (QED) is 0.506. The number of carbonyl (C=O) groups is 1. The molecule has 0 aliphatic carbocycles. The first kappa shape index (κ1) is 20.1. The first-order chi connectivity index (χ1) is 15.0. The lowest BCUT2D eigenvalue weighted by Crippen LogP contribution is -2.33. The zero-order valence-electron chi connectivity index (χ0n) is 17.2. The maximum Gasteiger partial charge on any atom is 0.268 e. The van der Waals surface area contributed by atoms with E-state index in [0.717, 1.165) is 4.68 Å². The Kier molecular flexibility index (Phi) is 5.40. The molecule has 1 atom stereocenters. The highest BCUT2D eigenvalue weighted by Crippen LogP contribution is 2.30. The molecular weight excluding hydrogens is 400 g/mol. The SMILES string of the molecule is COc1ccc(NC(=O)[C@H](C)n2nc(-c3ccco3)c(-c3cc(C)no3)cc2=O)cc1. The summed E-state index contributed by atoms with van der Waals surface area (Å²) in [6.45, 7) is 3.37. The van der Waals surface area contributed by atoms with Crippen molar-refractivity contribution in [3.05, 3.63) is 70.8 Å². The Bertz CT molecular complexity index is 1260. The summed E-state index contributed by atoms with van der Waals surface area (Å²) in [7, 11) is 1.56. The van der Waals surface area contributed by atoms with Gasteiger partial charge in [0.2, 0.25) is 5.91 Å². The number of furan rings is 1. The average molecular weight is 420 g/mol. The van der Waals surface area contributed by atoms with Crippen LogP contribution in [0.15, 0.2) is 68.5 Å². The first-order valence-corrected chi connectivity index (χ1v) is 9.52. The molecule has 158 valence electrons. The van der Waals surface area contributed by atoms with Crippen LogP contribution in [-0.2, 0) is 4.79 Å². The number of ether oxygens (including phenoxy) is 1. The van der Waals surface area contributed by atoms with Crippen LogP contribution in [-0.4, -0.2) is 28.0 Å². The molecule has 0 aliphatic heterocycles. The molecule has 0 fully saturated rings. The van der Waals surface area contributed by atoms with Crippen molar-refractivity contribution < 1.29 is 18.5 Å². The molecule has 4 rings (SSSR count). The van der Waals surface area contributed by atoms with Crippen LogP contribution in [0.2, 0.25) is 0 Å². The molecular formula is C22H20N4O5. The van der Waals surface area contributed by atoms with Gasteiger partial charge in [0.1, 0.15) is 17.5 Å². The van der Waals surface area contributed by atoms with Gasteiger partial charge in [0, 0.05) is 17.8 Å². The van der Waals surface area contributed by atoms with Gasteiger partial charge in [-0.1, -0.05) is 5.16 Å². The largest absolute Gasteiger partial charge is 0.497 e. The third kappa shape index (κ3) is 4.11. The van der Waals surface area contributed by atoms with Gasteiger partial charge in [-0.2, -0.15) is 5.10 Å². The normalized spacial score (nSPS) is 11.8. The molecule has 0 bridgehead atoms. The van der Waals surface area contributed by atoms with Crippen LogP contribution in [0.25, 0.3) is 22.8 Å². The predicted octanol–water partition coefficient (Wildman–Crippen LogP) is 3.68. The minimum absolute atomic E-state index is 0.366. The molecule has 3 heterocycles. The Morgan fingerprint density at radius 3 is 2.55 bits per heavy atom. The number of nitrogens with one attached hydrogen (secondary N) is 1. The van der Waals surface area contributed by atoms with E-state index < -0.39 is 17.5 Å². The molecule has 0 aliphatic rings. The summed E-state index contributed by atoms with van der Waals surface area (Å²) in [5, 5.41) is 11.1. The minimum Gasteiger partial charge on any atom is -0.497 e. The fourth-order valence-corrected chi connectivity index (χ4v) is 3.05. The fraction of sp³-hybridized carbons (Fsp3) is 0.182. The summed E-state index contributed by atoms with van der Waals surface area (Å²) in [5.74, 6) is 1.09. The third-order valence-electron chi connectivity index (χ3n) is 4.71. The van der Waals surface area contributed by atoms with Crippen molar-refractivity contribution >= 4 is 11.6 Å². The van der Waals surface area contributed by atoms with E-state index in [1.54, 1.807) is 63.4 Å². The predicted molar refractivity (Wildman–Crippen MR) is 113 cm³/mol. The molecule has 1 amide bonds. The monoisotopic (exact) mass is 420 g/mol. The Labute approximate surface area is 177 Å². The highest BCUT2D eigenvalue weighted by Gasteiger charge is 2.23. The van der Waals surface area contributed by atoms with Crippen molar-refractivity contribution in [2.24, 2.45) is 0 Å². The molecule has 31 heavy (non-hydrogen) atoms. The van der Waals surface area contributed by atoms with Crippen LogP contribution in [0.1, 0.15) is 18.7 Å². The number of aromatic nitrogens is 3. The number of nitrogens with zero attached hydrogens (tertiary/aromatic N) is 3. The van der Waals surface area contributed by atoms with Gasteiger partial charge in [-0.05, 0) is 50.2 Å². The number of aryl methyl sites for hydroxylation is 1. The van der Waals surface area contributed by atoms with Gasteiger partial charge >= 0.3 is 0 Å². The molecule has 9 nitrogen and oxygen atoms in total. The highest BCUT2D eigenvalue weighted by atomic mass is 16.5. The van der Waals surface area contributed by atoms with Gasteiger partial charge in [-0.15, -0.1) is 0 Å². The number of rotatable bonds is 6. The number of hydrogen-bond donors (Lipinski definition) is 1. The Morgan fingerprint density at radius 1 is 1.16 bits per heavy atom. The van der Waals surface area contributed by atoms with E-state index in [1.165, 1.54) is 12.3 Å². The Morgan fingerprint density at radius 2 is 1.94 bits per heavy atom. The maximum absolute atomic E-state index is 12.8. The molecule has 3 aromatic heterocycles. The molecule has 0 saturated heterocycles. The standard InChI is InChI=1S/C22H20N4O5/c1-13-11-19(31-25-13)17-12-20(27)26(24-21(17)18-5-4-10-30-18)14(2)22(28)23-15-6-8-16(29-3)9-7-15/h4-12,14H,1-3H3,(H,23,28)/t14-/m0/s1. The molecule has 0 saturated carbocycles. The summed E-state index contributed by atoms with van der Waals surface area (Å²) in [4.78, 5) is 25.6. The van der Waals surface area contributed by atoms with Gasteiger partial charge in [0.15, 0.2) is 11.5 Å². The van der Waals surface area contributed by atoms with Gasteiger partial charge in [0.25, 0.3) is 5.56 Å². The zero-order valence-corrected chi connectivity index (χ0v) is 17.2. The van der Waals surface area contributed by atoms with Crippen LogP contribution in [0, 0.1) is 6.92 Å². The van der Waals surface area contributed by atoms with E-state index in [1.807, 2.05) is 0 Å². The van der Waals surface area contributed by atoms with E-state index in [-0.39, 0.29) is 0 Å². The van der Waals surface area contributed by atoms with E-state index in [9.17, 15) is 9.59 Å². The van der Waals surface area contributed by atoms with E-state index in [4.69, 9.17) is 13.7 Å². The van der Waals surface area contributed by atoms with Gasteiger partial charge in [-0.3, -0.25) is 9.59 Å². The van der Waals surface area contributed by atoms with Crippen molar-refractivity contribution in [1.82, 2.24) is 14.9 Å². The van der Waals surface area contributed by atoms with Crippen molar-refractivity contribution in [3.8, 4) is 28.5 Å². The van der Waals surface area contributed by atoms with Crippen LogP contribution in [0.5, 0.6) is 5.75 Å². The van der Waals surface area contributed by atoms with E-state index in [2.05, 4.69) is 15.6 Å². The first-order valence-electron chi connectivity index (χ1n) is 9.52. The lowest BCUT2D eigenvalue weighted by Gasteiger charge is -2.16. The minimum atomic E-state index is -0.881. The number of hydrogen-bond acceptors (Lipinski definition) is 7. The van der Waals surface area contributed by atoms with E-state index >= 15 is 0 Å². The second kappa shape index (κ2) is 8.31. The topological polar surface area (TPSA) is 112 Å². The third-order valence-corrected chi connectivity index (χ3v) is 4.71. The summed E-state index contributed by atoms with van der Waals surface area (Å²) in [5.41, 5.74) is 1.57. The second-order valence-corrected chi connectivity index (χ2v) is 6.89. The van der Waals surface area contributed by atoms with E-state index in [0.29, 0.717) is 39.9 Å². The summed E-state index contributed by atoms with van der Waals surface area (Å²) in [6, 6.07) is 12.5. The number of amides is 1. The lowest BCUT2D eigenvalue weighted by molar-refractivity contribution is -0.119. The fourth-order valence-electron chi connectivity index (χ4n) is 3.05. The number of benzene rings is 1. The lowest BCUT2D eigenvalue weighted by atomic mass is 10.1. The number of anilines is 1. The van der Waals surface area contributed by atoms with Crippen molar-refractivity contribution in [2.45, 2.75) is 19.9 Å². The molecule has 9 heteroatoms. The van der Waals surface area contributed by atoms with Gasteiger partial charge in [0.05, 0.1) is 24.6 Å². The summed E-state index contributed by atoms with van der Waals surface area (Å²) < 4.78 is 17.0. The highest BCUT2D eigenvalue weighted by molar-refractivity contribution is 5.93. The summed E-state index contributed by atoms with van der Waals surface area (Å²) >= 11 is 0. The summed E-state index contributed by atoms with van der Waals surface area (Å²) in [6.07, 6.45) is 1.50. The van der Waals surface area contributed by atoms with Crippen molar-refractivity contribution in [3.63, 3.8) is 0 Å². The molecule has 1 aromatic carbocycles. The molecule has 0 radical (unpaired) electrons. The van der Waals surface area contributed by atoms with Crippen molar-refractivity contribution in [2.75, 3.05) is 12.4 Å². The number of methoxy groups -OCH3 is 1. The maximum atomic E-state index is 12.8. The van der Waals surface area contributed by atoms with Gasteiger partial charge < -0.3 is 19.0 Å². The zero-order chi connectivity index (χ0) is 22.0. The molecule has 0 spiro atoms. The molecule has 4 aromatic rings. The second-order valence-electron chi connectivity index (χ2n) is 6.89. The Hall–Kier alpha value is -4.14.